The van der Waals surface area contributed by atoms with Gasteiger partial charge in [0.1, 0.15) is 5.75 Å². The highest BCUT2D eigenvalue weighted by Gasteiger charge is 2.66. The normalized spacial score (nSPS) is 23.4. The largest absolute Gasteiger partial charge is 0.497 e. The molecule has 0 aliphatic carbocycles. The topological polar surface area (TPSA) is 91.7 Å². The van der Waals surface area contributed by atoms with Crippen molar-refractivity contribution in [2.24, 2.45) is 11.0 Å². The van der Waals surface area contributed by atoms with Crippen LogP contribution in [0.15, 0.2) is 107 Å². The van der Waals surface area contributed by atoms with Crippen LogP contribution in [0.5, 0.6) is 5.75 Å². The van der Waals surface area contributed by atoms with E-state index in [1.165, 1.54) is 10.2 Å². The molecule has 1 saturated heterocycles. The molecule has 1 N–H and O–H groups in total. The average Bonchev–Trinajstić information content (AvgIpc) is 3.55. The van der Waals surface area contributed by atoms with E-state index in [4.69, 9.17) is 14.6 Å². The Morgan fingerprint density at radius 2 is 1.70 bits per heavy atom. The molecule has 50 heavy (non-hydrogen) atoms. The highest BCUT2D eigenvalue weighted by molar-refractivity contribution is 9.10. The Kier molecular flexibility index (Phi) is 9.32. The molecule has 0 bridgehead atoms. The molecule has 4 atom stereocenters. The first-order chi connectivity index (χ1) is 24.1. The number of hydrazone groups is 1. The van der Waals surface area contributed by atoms with E-state index in [1.807, 2.05) is 89.8 Å². The predicted molar refractivity (Wildman–Crippen MR) is 203 cm³/mol. The number of nitrogens with zero attached hydrogens (tertiary/aromatic N) is 3. The number of fused-ring (bicyclic) bond motifs is 2. The van der Waals surface area contributed by atoms with Gasteiger partial charge in [-0.15, -0.1) is 0 Å². The highest BCUT2D eigenvalue weighted by atomic mass is 79.9. The number of rotatable bonds is 9. The Morgan fingerprint density at radius 3 is 2.38 bits per heavy atom. The van der Waals surface area contributed by atoms with Gasteiger partial charge in [-0.05, 0) is 65.6 Å². The Labute approximate surface area is 302 Å². The molecule has 3 aliphatic rings. The molecule has 3 aliphatic heterocycles. The van der Waals surface area contributed by atoms with Crippen molar-refractivity contribution in [1.29, 1.82) is 0 Å². The van der Waals surface area contributed by atoms with Gasteiger partial charge in [0.2, 0.25) is 5.91 Å². The number of ether oxygens (including phenoxy) is 2. The second kappa shape index (κ2) is 13.6. The number of aliphatic hydroxyl groups excluding tert-OH is 1. The summed E-state index contributed by atoms with van der Waals surface area (Å²) >= 11 is 3.67. The molecule has 258 valence electrons. The van der Waals surface area contributed by atoms with Crippen LogP contribution in [-0.2, 0) is 26.5 Å². The summed E-state index contributed by atoms with van der Waals surface area (Å²) in [6.07, 6.45) is 1.15. The maximum Gasteiger partial charge on any atom is 0.264 e. The zero-order chi connectivity index (χ0) is 35.2. The number of amides is 2. The zero-order valence-corrected chi connectivity index (χ0v) is 31.4. The van der Waals surface area contributed by atoms with E-state index in [2.05, 4.69) is 48.1 Å². The Balaban J connectivity index is 1.20. The summed E-state index contributed by atoms with van der Waals surface area (Å²) in [6, 6.07) is 31.9. The molecule has 2 amide bonds. The molecule has 8 nitrogen and oxygen atoms in total. The summed E-state index contributed by atoms with van der Waals surface area (Å²) in [5.41, 5.74) is 4.05. The van der Waals surface area contributed by atoms with E-state index in [1.54, 1.807) is 7.11 Å². The first kappa shape index (κ1) is 34.4. The van der Waals surface area contributed by atoms with Gasteiger partial charge in [0.15, 0.2) is 5.60 Å². The summed E-state index contributed by atoms with van der Waals surface area (Å²) in [5.74, 6) is 0.514. The predicted octanol–water partition coefficient (Wildman–Crippen LogP) is 7.13. The monoisotopic (exact) mass is 751 g/mol. The third-order valence-corrected chi connectivity index (χ3v) is 15.7. The van der Waals surface area contributed by atoms with E-state index < -0.39 is 13.7 Å². The molecular weight excluding hydrogens is 710 g/mol. The molecule has 0 radical (unpaired) electrons. The number of hydrogen-bond acceptors (Lipinski definition) is 6. The number of carbonyl (C=O) groups is 2. The van der Waals surface area contributed by atoms with Crippen molar-refractivity contribution in [3.63, 3.8) is 0 Å². The van der Waals surface area contributed by atoms with Crippen molar-refractivity contribution >= 4 is 58.1 Å². The van der Waals surface area contributed by atoms with Crippen LogP contribution in [0.3, 0.4) is 0 Å². The molecule has 7 rings (SSSR count). The van der Waals surface area contributed by atoms with E-state index >= 15 is 0 Å². The fraction of sp³-hybridized carbons (Fsp3) is 0.325. The van der Waals surface area contributed by atoms with Crippen LogP contribution in [0.4, 0.5) is 11.4 Å². The van der Waals surface area contributed by atoms with Crippen LogP contribution in [0, 0.1) is 5.92 Å². The summed E-state index contributed by atoms with van der Waals surface area (Å²) in [4.78, 5) is 29.7. The number of benzene rings is 4. The average molecular weight is 753 g/mol. The van der Waals surface area contributed by atoms with Crippen LogP contribution in [0.1, 0.15) is 42.9 Å². The number of anilines is 2. The first-order valence-corrected chi connectivity index (χ1v) is 21.1. The minimum Gasteiger partial charge on any atom is -0.497 e. The quantitative estimate of drug-likeness (QED) is 0.184. The van der Waals surface area contributed by atoms with Gasteiger partial charge in [0.05, 0.1) is 44.9 Å². The SMILES string of the molecule is COc1ccc([Si](C)(C)[C@H]2[C@H](CCO)O[C@@]3(C(=O)N(Cc4ccc(N5N=C(c6ccccc6)CCC5=O)cc4)c4ccc(Br)cc43)[C@@H]2C)cc1. The van der Waals surface area contributed by atoms with Gasteiger partial charge in [-0.1, -0.05) is 95.7 Å². The third kappa shape index (κ3) is 5.81. The molecule has 10 heteroatoms. The third-order valence-electron chi connectivity index (χ3n) is 10.9. The van der Waals surface area contributed by atoms with Crippen molar-refractivity contribution in [1.82, 2.24) is 0 Å². The molecular formula is C40H42BrN3O5Si. The molecule has 1 spiro atoms. The van der Waals surface area contributed by atoms with Crippen LogP contribution >= 0.6 is 15.9 Å². The number of methoxy groups -OCH3 is 1. The lowest BCUT2D eigenvalue weighted by Gasteiger charge is -2.37. The van der Waals surface area contributed by atoms with Crippen LogP contribution in [-0.4, -0.2) is 50.5 Å². The molecule has 0 aromatic heterocycles. The van der Waals surface area contributed by atoms with Gasteiger partial charge in [-0.25, -0.2) is 5.01 Å². The van der Waals surface area contributed by atoms with Crippen molar-refractivity contribution in [3.05, 3.63) is 118 Å². The fourth-order valence-electron chi connectivity index (χ4n) is 8.36. The number of aliphatic hydroxyl groups is 1. The van der Waals surface area contributed by atoms with Gasteiger partial charge in [0.25, 0.3) is 5.91 Å². The number of carbonyl (C=O) groups excluding carboxylic acids is 2. The van der Waals surface area contributed by atoms with E-state index in [0.29, 0.717) is 31.5 Å². The van der Waals surface area contributed by atoms with Gasteiger partial charge in [-0.3, -0.25) is 9.59 Å². The summed E-state index contributed by atoms with van der Waals surface area (Å²) in [6.45, 7) is 7.14. The fourth-order valence-corrected chi connectivity index (χ4v) is 12.8. The molecule has 3 heterocycles. The van der Waals surface area contributed by atoms with Gasteiger partial charge in [-0.2, -0.15) is 5.10 Å². The minimum atomic E-state index is -2.27. The highest BCUT2D eigenvalue weighted by Crippen LogP contribution is 2.60. The summed E-state index contributed by atoms with van der Waals surface area (Å²) < 4.78 is 13.3. The number of halogens is 1. The van der Waals surface area contributed by atoms with E-state index in [0.717, 1.165) is 38.3 Å². The van der Waals surface area contributed by atoms with Crippen LogP contribution in [0.25, 0.3) is 0 Å². The molecule has 0 saturated carbocycles. The lowest BCUT2D eigenvalue weighted by Crippen LogP contribution is -2.51. The molecule has 4 aromatic carbocycles. The maximum atomic E-state index is 14.9. The van der Waals surface area contributed by atoms with Crippen LogP contribution < -0.4 is 19.8 Å². The van der Waals surface area contributed by atoms with Gasteiger partial charge in [0, 0.05) is 35.4 Å². The van der Waals surface area contributed by atoms with Gasteiger partial charge < -0.3 is 19.5 Å². The van der Waals surface area contributed by atoms with Crippen molar-refractivity contribution < 1.29 is 24.2 Å². The van der Waals surface area contributed by atoms with E-state index in [-0.39, 0.29) is 36.0 Å². The number of hydrogen-bond donors (Lipinski definition) is 1. The standard InChI is InChI=1S/C40H42BrN3O5Si/c1-26-38(50(3,4)32-17-15-31(48-2)16-18-32)36(22-23-45)49-40(26)33-24-29(41)12-20-35(33)43(39(40)47)25-27-10-13-30(14-11-27)44-37(46)21-19-34(42-44)28-8-6-5-7-9-28/h5-18,20,24,26,36,38,45H,19,21-23,25H2,1-4H3/t26-,36+,38-,40+/m1/s1. The van der Waals surface area contributed by atoms with Crippen molar-refractivity contribution in [2.45, 2.75) is 63.1 Å². The molecule has 0 unspecified atom stereocenters. The molecule has 1 fully saturated rings. The Bertz CT molecular complexity index is 1940. The summed E-state index contributed by atoms with van der Waals surface area (Å²) in [5, 5.41) is 17.7. The van der Waals surface area contributed by atoms with Crippen molar-refractivity contribution in [2.75, 3.05) is 23.6 Å². The minimum absolute atomic E-state index is 0.0247. The second-order valence-corrected chi connectivity index (χ2v) is 19.6. The van der Waals surface area contributed by atoms with Crippen LogP contribution in [0.2, 0.25) is 18.6 Å². The van der Waals surface area contributed by atoms with Gasteiger partial charge >= 0.3 is 0 Å². The zero-order valence-electron chi connectivity index (χ0n) is 28.8. The summed E-state index contributed by atoms with van der Waals surface area (Å²) in [7, 11) is -0.606. The maximum absolute atomic E-state index is 14.9. The Hall–Kier alpha value is -4.09. The lowest BCUT2D eigenvalue weighted by atomic mass is 9.82. The first-order valence-electron chi connectivity index (χ1n) is 17.2. The Morgan fingerprint density at radius 1 is 0.980 bits per heavy atom. The second-order valence-electron chi connectivity index (χ2n) is 14.0. The van der Waals surface area contributed by atoms with Crippen molar-refractivity contribution in [3.8, 4) is 5.75 Å². The molecule has 4 aromatic rings. The smallest absolute Gasteiger partial charge is 0.264 e. The van der Waals surface area contributed by atoms with E-state index in [9.17, 15) is 14.7 Å². The lowest BCUT2D eigenvalue weighted by molar-refractivity contribution is -0.146.